The van der Waals surface area contributed by atoms with Crippen LogP contribution in [0.1, 0.15) is 38.1 Å². The third-order valence-electron chi connectivity index (χ3n) is 5.85. The van der Waals surface area contributed by atoms with Crippen molar-refractivity contribution in [3.05, 3.63) is 65.0 Å². The van der Waals surface area contributed by atoms with Gasteiger partial charge in [-0.3, -0.25) is 10.1 Å². The van der Waals surface area contributed by atoms with E-state index in [2.05, 4.69) is 15.5 Å². The molecule has 1 amide bonds. The molecule has 1 aliphatic heterocycles. The molecule has 2 aromatic carbocycles. The lowest BCUT2D eigenvalue weighted by atomic mass is 10.1. The predicted molar refractivity (Wildman–Crippen MR) is 133 cm³/mol. The van der Waals surface area contributed by atoms with E-state index >= 15 is 0 Å². The number of nitrogens with zero attached hydrogens (tertiary/aromatic N) is 3. The second kappa shape index (κ2) is 10.3. The van der Waals surface area contributed by atoms with Crippen molar-refractivity contribution in [1.29, 1.82) is 0 Å². The van der Waals surface area contributed by atoms with E-state index in [1.165, 1.54) is 36.4 Å². The van der Waals surface area contributed by atoms with E-state index in [0.717, 1.165) is 9.87 Å². The second-order valence-corrected chi connectivity index (χ2v) is 13.5. The van der Waals surface area contributed by atoms with Crippen molar-refractivity contribution in [3.63, 3.8) is 0 Å². The summed E-state index contributed by atoms with van der Waals surface area (Å²) in [7, 11) is -7.26. The molecule has 1 aliphatic rings. The van der Waals surface area contributed by atoms with Crippen LogP contribution in [0.4, 0.5) is 6.01 Å². The highest BCUT2D eigenvalue weighted by molar-refractivity contribution is 7.92. The summed E-state index contributed by atoms with van der Waals surface area (Å²) in [6, 6.07) is 11.1. The average Bonchev–Trinajstić information content (AvgIpc) is 3.50. The molecule has 0 bridgehead atoms. The molecule has 36 heavy (non-hydrogen) atoms. The first-order chi connectivity index (χ1) is 17.0. The number of carbonyl (C=O) groups is 1. The van der Waals surface area contributed by atoms with Gasteiger partial charge >= 0.3 is 6.01 Å². The SMILES string of the molecule is CC(C)S(=O)(=O)c1ccc(Cc2nnc(NC(=O)C3CCCN3S(=O)(=O)c3ccc(Cl)cc3)o2)cc1. The van der Waals surface area contributed by atoms with E-state index in [1.807, 2.05) is 0 Å². The van der Waals surface area contributed by atoms with Crippen molar-refractivity contribution in [3.8, 4) is 0 Å². The van der Waals surface area contributed by atoms with Gasteiger partial charge < -0.3 is 4.42 Å². The molecule has 0 radical (unpaired) electrons. The van der Waals surface area contributed by atoms with Gasteiger partial charge in [-0.25, -0.2) is 16.8 Å². The number of aromatic nitrogens is 2. The van der Waals surface area contributed by atoms with Gasteiger partial charge in [0.1, 0.15) is 6.04 Å². The first kappa shape index (κ1) is 26.3. The Morgan fingerprint density at radius 1 is 1.06 bits per heavy atom. The molecule has 1 saturated heterocycles. The van der Waals surface area contributed by atoms with Crippen molar-refractivity contribution in [2.45, 2.75) is 54.2 Å². The highest BCUT2D eigenvalue weighted by atomic mass is 35.5. The Labute approximate surface area is 214 Å². The summed E-state index contributed by atoms with van der Waals surface area (Å²) in [5, 5.41) is 10.1. The number of nitrogens with one attached hydrogen (secondary N) is 1. The van der Waals surface area contributed by atoms with Crippen LogP contribution in [0.2, 0.25) is 5.02 Å². The number of hydrogen-bond donors (Lipinski definition) is 1. The number of halogens is 1. The summed E-state index contributed by atoms with van der Waals surface area (Å²) in [6.07, 6.45) is 1.11. The Kier molecular flexibility index (Phi) is 7.51. The van der Waals surface area contributed by atoms with Crippen molar-refractivity contribution in [1.82, 2.24) is 14.5 Å². The number of rotatable bonds is 8. The summed E-state index contributed by atoms with van der Waals surface area (Å²) in [6.45, 7) is 3.45. The highest BCUT2D eigenvalue weighted by Gasteiger charge is 2.40. The van der Waals surface area contributed by atoms with Crippen LogP contribution in [-0.2, 0) is 31.1 Å². The number of benzene rings is 2. The van der Waals surface area contributed by atoms with Gasteiger partial charge in [0.25, 0.3) is 0 Å². The van der Waals surface area contributed by atoms with Gasteiger partial charge in [-0.05, 0) is 68.7 Å². The average molecular weight is 553 g/mol. The summed E-state index contributed by atoms with van der Waals surface area (Å²) in [5.74, 6) is -0.356. The number of anilines is 1. The molecule has 192 valence electrons. The van der Waals surface area contributed by atoms with Crippen molar-refractivity contribution in [2.75, 3.05) is 11.9 Å². The molecular formula is C23H25ClN4O6S2. The molecule has 2 heterocycles. The molecule has 1 unspecified atom stereocenters. The van der Waals surface area contributed by atoms with Crippen LogP contribution < -0.4 is 5.32 Å². The van der Waals surface area contributed by atoms with Gasteiger partial charge in [-0.1, -0.05) is 28.8 Å². The molecule has 0 aliphatic carbocycles. The van der Waals surface area contributed by atoms with Gasteiger partial charge in [0, 0.05) is 11.6 Å². The molecule has 10 nitrogen and oxygen atoms in total. The monoisotopic (exact) mass is 552 g/mol. The quantitative estimate of drug-likeness (QED) is 0.449. The minimum Gasteiger partial charge on any atom is -0.407 e. The maximum absolute atomic E-state index is 13.1. The smallest absolute Gasteiger partial charge is 0.322 e. The fourth-order valence-electron chi connectivity index (χ4n) is 3.84. The lowest BCUT2D eigenvalue weighted by Crippen LogP contribution is -2.43. The van der Waals surface area contributed by atoms with E-state index in [0.29, 0.717) is 17.9 Å². The molecule has 1 N–H and O–H groups in total. The van der Waals surface area contributed by atoms with Crippen LogP contribution in [0.5, 0.6) is 0 Å². The fourth-order valence-corrected chi connectivity index (χ4v) is 6.68. The lowest BCUT2D eigenvalue weighted by molar-refractivity contribution is -0.119. The third kappa shape index (κ3) is 5.46. The number of hydrogen-bond acceptors (Lipinski definition) is 8. The molecule has 1 atom stereocenters. The van der Waals surface area contributed by atoms with Crippen molar-refractivity contribution < 1.29 is 26.0 Å². The molecule has 3 aromatic rings. The summed E-state index contributed by atoms with van der Waals surface area (Å²) in [5.41, 5.74) is 0.746. The Morgan fingerprint density at radius 3 is 2.33 bits per heavy atom. The predicted octanol–water partition coefficient (Wildman–Crippen LogP) is 3.29. The number of sulfone groups is 1. The summed E-state index contributed by atoms with van der Waals surface area (Å²) >= 11 is 5.86. The van der Waals surface area contributed by atoms with Gasteiger partial charge in [-0.2, -0.15) is 4.31 Å². The van der Waals surface area contributed by atoms with E-state index in [-0.39, 0.29) is 34.7 Å². The maximum atomic E-state index is 13.1. The Balaban J connectivity index is 1.42. The first-order valence-corrected chi connectivity index (χ1v) is 14.6. The molecule has 4 rings (SSSR count). The highest BCUT2D eigenvalue weighted by Crippen LogP contribution is 2.28. The zero-order valence-electron chi connectivity index (χ0n) is 19.6. The fraction of sp³-hybridized carbons (Fsp3) is 0.348. The number of sulfonamides is 1. The summed E-state index contributed by atoms with van der Waals surface area (Å²) < 4.78 is 57.3. The van der Waals surface area contributed by atoms with Gasteiger partial charge in [0.05, 0.1) is 21.5 Å². The van der Waals surface area contributed by atoms with E-state index in [4.69, 9.17) is 16.0 Å². The van der Waals surface area contributed by atoms with Crippen LogP contribution in [0.25, 0.3) is 0 Å². The van der Waals surface area contributed by atoms with Crippen molar-refractivity contribution in [2.24, 2.45) is 0 Å². The second-order valence-electron chi connectivity index (χ2n) is 8.63. The topological polar surface area (TPSA) is 140 Å². The van der Waals surface area contributed by atoms with Gasteiger partial charge in [0.15, 0.2) is 9.84 Å². The Hall–Kier alpha value is -2.80. The number of carbonyl (C=O) groups excluding carboxylic acids is 1. The Morgan fingerprint density at radius 2 is 1.69 bits per heavy atom. The first-order valence-electron chi connectivity index (χ1n) is 11.2. The van der Waals surface area contributed by atoms with Gasteiger partial charge in [0.2, 0.25) is 21.8 Å². The van der Waals surface area contributed by atoms with Crippen LogP contribution in [0, 0.1) is 0 Å². The minimum absolute atomic E-state index is 0.0545. The van der Waals surface area contributed by atoms with Crippen molar-refractivity contribution >= 4 is 43.4 Å². The number of amides is 1. The van der Waals surface area contributed by atoms with Crippen LogP contribution >= 0.6 is 11.6 Å². The molecule has 1 fully saturated rings. The van der Waals surface area contributed by atoms with E-state index in [9.17, 15) is 21.6 Å². The largest absolute Gasteiger partial charge is 0.407 e. The molecular weight excluding hydrogens is 528 g/mol. The van der Waals surface area contributed by atoms with Crippen LogP contribution in [-0.4, -0.2) is 55.1 Å². The molecule has 1 aromatic heterocycles. The zero-order chi connectivity index (χ0) is 26.1. The Bertz CT molecular complexity index is 1450. The lowest BCUT2D eigenvalue weighted by Gasteiger charge is -2.22. The normalized spacial score (nSPS) is 16.9. The minimum atomic E-state index is -3.89. The summed E-state index contributed by atoms with van der Waals surface area (Å²) in [4.78, 5) is 13.2. The molecule has 0 saturated carbocycles. The van der Waals surface area contributed by atoms with E-state index < -0.39 is 37.1 Å². The maximum Gasteiger partial charge on any atom is 0.322 e. The zero-order valence-corrected chi connectivity index (χ0v) is 22.0. The standard InChI is InChI=1S/C23H25ClN4O6S2/c1-15(2)35(30,31)18-9-5-16(6-10-18)14-21-26-27-23(34-21)25-22(29)20-4-3-13-28(20)36(32,33)19-11-7-17(24)8-12-19/h5-12,15,20H,3-4,13-14H2,1-2H3,(H,25,27,29). The van der Waals surface area contributed by atoms with Crippen LogP contribution in [0.3, 0.4) is 0 Å². The van der Waals surface area contributed by atoms with E-state index in [1.54, 1.807) is 26.0 Å². The molecule has 0 spiro atoms. The van der Waals surface area contributed by atoms with Gasteiger partial charge in [-0.15, -0.1) is 5.10 Å². The molecule has 13 heteroatoms. The third-order valence-corrected chi connectivity index (χ3v) is 10.2. The van der Waals surface area contributed by atoms with Crippen LogP contribution in [0.15, 0.2) is 62.7 Å².